The van der Waals surface area contributed by atoms with E-state index in [1.807, 2.05) is 0 Å². The van der Waals surface area contributed by atoms with E-state index in [9.17, 15) is 14.7 Å². The minimum absolute atomic E-state index is 0.0147. The second-order valence-electron chi connectivity index (χ2n) is 11.5. The Morgan fingerprint density at radius 1 is 1.00 bits per heavy atom. The van der Waals surface area contributed by atoms with Gasteiger partial charge in [0.1, 0.15) is 6.61 Å². The molecule has 0 bridgehead atoms. The van der Waals surface area contributed by atoms with Crippen molar-refractivity contribution in [2.75, 3.05) is 19.8 Å². The van der Waals surface area contributed by atoms with Gasteiger partial charge in [0.2, 0.25) is 0 Å². The number of rotatable bonds is 17. The van der Waals surface area contributed by atoms with Gasteiger partial charge in [-0.2, -0.15) is 0 Å². The maximum Gasteiger partial charge on any atom is 0.334 e. The summed E-state index contributed by atoms with van der Waals surface area (Å²) in [5.41, 5.74) is 1.06. The van der Waals surface area contributed by atoms with Crippen LogP contribution in [0.3, 0.4) is 0 Å². The molecular weight excluding hydrogens is 476 g/mol. The van der Waals surface area contributed by atoms with Crippen LogP contribution in [0.15, 0.2) is 11.1 Å². The monoisotopic (exact) mass is 528 g/mol. The summed E-state index contributed by atoms with van der Waals surface area (Å²) in [5.74, 6) is -1.52. The van der Waals surface area contributed by atoms with Gasteiger partial charge in [-0.3, -0.25) is 0 Å². The van der Waals surface area contributed by atoms with E-state index in [1.165, 1.54) is 18.9 Å². The van der Waals surface area contributed by atoms with Gasteiger partial charge in [-0.05, 0) is 70.5 Å². The van der Waals surface area contributed by atoms with E-state index >= 15 is 0 Å². The minimum Gasteiger partial charge on any atom is -0.478 e. The molecule has 0 aromatic carbocycles. The van der Waals surface area contributed by atoms with E-state index in [2.05, 4.69) is 53.9 Å². The van der Waals surface area contributed by atoms with Crippen molar-refractivity contribution < 1.29 is 28.6 Å². The highest BCUT2D eigenvalue weighted by atomic mass is 28.4. The molecular formula is C27H52O6Si2. The number of aliphatic carboxylic acids is 1. The number of carbonyl (C=O) groups excluding carboxylic acids is 1. The van der Waals surface area contributed by atoms with Crippen LogP contribution in [0.25, 0.3) is 0 Å². The fourth-order valence-electron chi connectivity index (χ4n) is 4.84. The van der Waals surface area contributed by atoms with Crippen molar-refractivity contribution in [1.82, 2.24) is 0 Å². The zero-order chi connectivity index (χ0) is 26.7. The smallest absolute Gasteiger partial charge is 0.334 e. The first-order chi connectivity index (χ1) is 16.3. The Morgan fingerprint density at radius 2 is 1.63 bits per heavy atom. The maximum absolute atomic E-state index is 12.3. The highest BCUT2D eigenvalue weighted by Gasteiger charge is 2.46. The lowest BCUT2D eigenvalue weighted by Gasteiger charge is -2.48. The average molecular weight is 529 g/mol. The van der Waals surface area contributed by atoms with E-state index in [0.717, 1.165) is 32.1 Å². The molecule has 6 nitrogen and oxygen atoms in total. The Labute approximate surface area is 216 Å². The van der Waals surface area contributed by atoms with E-state index in [-0.39, 0.29) is 17.4 Å². The van der Waals surface area contributed by atoms with Crippen molar-refractivity contribution in [3.05, 3.63) is 11.1 Å². The van der Waals surface area contributed by atoms with E-state index < -0.39 is 28.3 Å². The first-order valence-electron chi connectivity index (χ1n) is 13.7. The van der Waals surface area contributed by atoms with Gasteiger partial charge in [-0.1, -0.05) is 52.8 Å². The molecule has 0 heterocycles. The van der Waals surface area contributed by atoms with Crippen LogP contribution in [-0.4, -0.2) is 58.5 Å². The third kappa shape index (κ3) is 9.78. The van der Waals surface area contributed by atoms with E-state index in [0.29, 0.717) is 37.2 Å². The molecule has 0 aromatic rings. The Kier molecular flexibility index (Phi) is 13.5. The van der Waals surface area contributed by atoms with Crippen LogP contribution in [0, 0.1) is 0 Å². The predicted molar refractivity (Wildman–Crippen MR) is 148 cm³/mol. The molecule has 0 radical (unpaired) electrons. The average Bonchev–Trinajstić information content (AvgIpc) is 2.81. The molecule has 1 rings (SSSR count). The molecule has 8 heteroatoms. The molecule has 2 unspecified atom stereocenters. The van der Waals surface area contributed by atoms with Crippen molar-refractivity contribution in [3.8, 4) is 0 Å². The number of esters is 1. The molecule has 35 heavy (non-hydrogen) atoms. The van der Waals surface area contributed by atoms with Gasteiger partial charge in [0.25, 0.3) is 0 Å². The normalized spacial score (nSPS) is 17.7. The van der Waals surface area contributed by atoms with Crippen LogP contribution in [0.4, 0.5) is 0 Å². The fraction of sp³-hybridized carbons (Fsp3) is 0.852. The summed E-state index contributed by atoms with van der Waals surface area (Å²) in [5, 5.41) is 9.30. The van der Waals surface area contributed by atoms with Crippen LogP contribution in [0.2, 0.25) is 37.8 Å². The zero-order valence-electron chi connectivity index (χ0n) is 23.8. The van der Waals surface area contributed by atoms with E-state index in [1.54, 1.807) is 0 Å². The van der Waals surface area contributed by atoms with Crippen molar-refractivity contribution in [2.24, 2.45) is 0 Å². The van der Waals surface area contributed by atoms with Gasteiger partial charge in [-0.25, -0.2) is 9.59 Å². The van der Waals surface area contributed by atoms with Crippen LogP contribution in [0.1, 0.15) is 85.5 Å². The minimum atomic E-state index is -1.88. The number of carboxylic acids is 1. The second-order valence-corrected chi connectivity index (χ2v) is 21.3. The lowest BCUT2D eigenvalue weighted by Crippen LogP contribution is -2.59. The van der Waals surface area contributed by atoms with Crippen LogP contribution < -0.4 is 0 Å². The van der Waals surface area contributed by atoms with Gasteiger partial charge in [0.05, 0.1) is 14.7 Å². The highest BCUT2D eigenvalue weighted by molar-refractivity contribution is 6.82. The highest BCUT2D eigenvalue weighted by Crippen LogP contribution is 2.39. The number of hydrogen-bond donors (Lipinski definition) is 1. The summed E-state index contributed by atoms with van der Waals surface area (Å²) >= 11 is 0. The molecule has 0 saturated carbocycles. The van der Waals surface area contributed by atoms with Gasteiger partial charge in [0, 0.05) is 23.0 Å². The summed E-state index contributed by atoms with van der Waals surface area (Å²) in [6.45, 7) is 20.1. The van der Waals surface area contributed by atoms with Gasteiger partial charge < -0.3 is 19.0 Å². The third-order valence-corrected chi connectivity index (χ3v) is 17.1. The maximum atomic E-state index is 12.3. The molecule has 204 valence electrons. The molecule has 0 aliphatic heterocycles. The first-order valence-corrected chi connectivity index (χ1v) is 19.9. The number of hydrogen-bond acceptors (Lipinski definition) is 5. The number of ether oxygens (including phenoxy) is 2. The molecule has 0 aromatic heterocycles. The van der Waals surface area contributed by atoms with Gasteiger partial charge in [0.15, 0.2) is 8.32 Å². The Bertz CT molecular complexity index is 718. The third-order valence-electron chi connectivity index (χ3n) is 8.30. The number of carbonyl (C=O) groups is 2. The summed E-state index contributed by atoms with van der Waals surface area (Å²) < 4.78 is 18.0. The van der Waals surface area contributed by atoms with Crippen molar-refractivity contribution in [2.45, 2.75) is 128 Å². The molecule has 1 N–H and O–H groups in total. The number of unbranched alkanes of at least 4 members (excludes halogenated alkanes) is 1. The lowest BCUT2D eigenvalue weighted by atomic mass is 9.92. The Hall–Kier alpha value is -0.966. The molecule has 1 aliphatic carbocycles. The lowest BCUT2D eigenvalue weighted by molar-refractivity contribution is -0.142. The summed E-state index contributed by atoms with van der Waals surface area (Å²) in [7, 11) is -3.39. The number of carboxylic acid groups (broad SMARTS) is 1. The fourth-order valence-corrected chi connectivity index (χ4v) is 11.9. The topological polar surface area (TPSA) is 82.1 Å². The van der Waals surface area contributed by atoms with Crippen LogP contribution in [-0.2, 0) is 23.5 Å². The Balaban J connectivity index is 2.42. The second kappa shape index (κ2) is 14.7. The molecule has 1 aliphatic rings. The summed E-state index contributed by atoms with van der Waals surface area (Å²) in [6.07, 6.45) is 8.17. The van der Waals surface area contributed by atoms with Crippen molar-refractivity contribution in [3.63, 3.8) is 0 Å². The van der Waals surface area contributed by atoms with Crippen LogP contribution >= 0.6 is 0 Å². The first kappa shape index (κ1) is 32.1. The quantitative estimate of drug-likeness (QED) is 0.123. The molecule has 2 atom stereocenters. The molecule has 0 fully saturated rings. The van der Waals surface area contributed by atoms with Crippen molar-refractivity contribution in [1.29, 1.82) is 0 Å². The largest absolute Gasteiger partial charge is 0.478 e. The molecule has 0 amide bonds. The predicted octanol–water partition coefficient (Wildman–Crippen LogP) is 7.11. The Morgan fingerprint density at radius 3 is 2.20 bits per heavy atom. The SMILES string of the molecule is CCCC[Si](C)(C)C(C)(CC)O[Si](C)(C)C(C)CCCOCCOC(=O)C1=C(C(=O)O)CCCC1. The summed E-state index contributed by atoms with van der Waals surface area (Å²) in [4.78, 5) is 23.6. The van der Waals surface area contributed by atoms with E-state index in [4.69, 9.17) is 13.9 Å². The molecule has 0 spiro atoms. The van der Waals surface area contributed by atoms with Gasteiger partial charge >= 0.3 is 11.9 Å². The molecule has 0 saturated heterocycles. The van der Waals surface area contributed by atoms with Gasteiger partial charge in [-0.15, -0.1) is 0 Å². The van der Waals surface area contributed by atoms with Crippen LogP contribution in [0.5, 0.6) is 0 Å². The zero-order valence-corrected chi connectivity index (χ0v) is 25.8. The van der Waals surface area contributed by atoms with Crippen molar-refractivity contribution >= 4 is 28.3 Å². The summed E-state index contributed by atoms with van der Waals surface area (Å²) in [6, 6.07) is 1.32. The standard InChI is InChI=1S/C27H52O6Si2/c1-9-11-21-34(5,6)27(4,10-2)33-35(7,8)22(3)15-14-18-31-19-20-32-26(30)24-17-13-12-16-23(24)25(28)29/h22H,9-21H2,1-8H3,(H,28,29).